The van der Waals surface area contributed by atoms with Gasteiger partial charge in [0.2, 0.25) is 5.88 Å². The minimum Gasteiger partial charge on any atom is -0.497 e. The Labute approximate surface area is 200 Å². The number of nitrogens with one attached hydrogen (secondary N) is 2. The maximum Gasteiger partial charge on any atom is 0.219 e. The Balaban J connectivity index is 1.69. The van der Waals surface area contributed by atoms with E-state index in [4.69, 9.17) is 9.47 Å². The van der Waals surface area contributed by atoms with E-state index in [-0.39, 0.29) is 6.10 Å². The second-order valence-electron chi connectivity index (χ2n) is 8.15. The van der Waals surface area contributed by atoms with E-state index in [1.54, 1.807) is 17.9 Å². The number of nitrogens with zero attached hydrogens (tertiary/aromatic N) is 4. The van der Waals surface area contributed by atoms with Crippen LogP contribution < -0.4 is 20.1 Å². The zero-order valence-corrected chi connectivity index (χ0v) is 20.2. The van der Waals surface area contributed by atoms with Crippen LogP contribution in [0.2, 0.25) is 0 Å². The lowest BCUT2D eigenvalue weighted by atomic mass is 10.1. The Morgan fingerprint density at radius 2 is 2.00 bits per heavy atom. The van der Waals surface area contributed by atoms with Crippen molar-refractivity contribution in [3.8, 4) is 22.8 Å². The molecule has 34 heavy (non-hydrogen) atoms. The second-order valence-corrected chi connectivity index (χ2v) is 8.15. The molecule has 0 aliphatic rings. The predicted molar refractivity (Wildman–Crippen MR) is 136 cm³/mol. The van der Waals surface area contributed by atoms with Crippen molar-refractivity contribution in [1.82, 2.24) is 24.5 Å². The van der Waals surface area contributed by atoms with Gasteiger partial charge in [-0.15, -0.1) is 0 Å². The first kappa shape index (κ1) is 23.4. The van der Waals surface area contributed by atoms with Gasteiger partial charge in [0.1, 0.15) is 11.9 Å². The predicted octanol–water partition coefficient (Wildman–Crippen LogP) is 4.38. The van der Waals surface area contributed by atoms with E-state index in [2.05, 4.69) is 53.4 Å². The lowest BCUT2D eigenvalue weighted by Gasteiger charge is -2.17. The summed E-state index contributed by atoms with van der Waals surface area (Å²) in [7, 11) is 3.56. The third kappa shape index (κ3) is 4.92. The molecule has 0 unspecified atom stereocenters. The Bertz CT molecular complexity index is 1260. The van der Waals surface area contributed by atoms with Crippen molar-refractivity contribution in [2.45, 2.75) is 26.5 Å². The number of likely N-dealkylation sites (N-methyl/N-ethyl adjacent to an activating group) is 1. The molecule has 4 rings (SSSR count). The third-order valence-electron chi connectivity index (χ3n) is 5.68. The number of rotatable bonds is 11. The van der Waals surface area contributed by atoms with E-state index in [0.29, 0.717) is 6.54 Å². The van der Waals surface area contributed by atoms with Gasteiger partial charge < -0.3 is 20.1 Å². The summed E-state index contributed by atoms with van der Waals surface area (Å²) in [5.74, 6) is 1.57. The van der Waals surface area contributed by atoms with Crippen molar-refractivity contribution in [3.63, 3.8) is 0 Å². The molecule has 8 heteroatoms. The Morgan fingerprint density at radius 1 is 1.21 bits per heavy atom. The van der Waals surface area contributed by atoms with Gasteiger partial charge in [-0.25, -0.2) is 9.67 Å². The maximum absolute atomic E-state index is 6.27. The molecule has 1 atom stereocenters. The number of benzene rings is 1. The van der Waals surface area contributed by atoms with Gasteiger partial charge in [-0.3, -0.25) is 4.40 Å². The lowest BCUT2D eigenvalue weighted by molar-refractivity contribution is 0.201. The molecule has 0 fully saturated rings. The highest BCUT2D eigenvalue weighted by Crippen LogP contribution is 2.33. The maximum atomic E-state index is 6.27. The Morgan fingerprint density at radius 3 is 2.71 bits per heavy atom. The first-order valence-electron chi connectivity index (χ1n) is 11.4. The first-order valence-corrected chi connectivity index (χ1v) is 11.4. The Kier molecular flexibility index (Phi) is 7.18. The zero-order valence-electron chi connectivity index (χ0n) is 20.2. The molecule has 0 aliphatic heterocycles. The van der Waals surface area contributed by atoms with E-state index in [1.807, 2.05) is 48.1 Å². The number of fused-ring (bicyclic) bond motifs is 1. The van der Waals surface area contributed by atoms with Crippen molar-refractivity contribution in [2.24, 2.45) is 7.05 Å². The number of methoxy groups -OCH3 is 1. The fraction of sp³-hybridized carbons (Fsp3) is 0.308. The average molecular weight is 461 g/mol. The number of ether oxygens (including phenoxy) is 2. The molecule has 0 spiro atoms. The van der Waals surface area contributed by atoms with E-state index >= 15 is 0 Å². The molecule has 3 heterocycles. The zero-order chi connectivity index (χ0) is 24.1. The quantitative estimate of drug-likeness (QED) is 0.346. The molecule has 4 aromatic rings. The number of aryl methyl sites for hydroxylation is 1. The summed E-state index contributed by atoms with van der Waals surface area (Å²) in [6, 6.07) is 10.1. The number of anilines is 1. The summed E-state index contributed by atoms with van der Waals surface area (Å²) in [5, 5.41) is 11.3. The van der Waals surface area contributed by atoms with Gasteiger partial charge >= 0.3 is 0 Å². The monoisotopic (exact) mass is 460 g/mol. The van der Waals surface area contributed by atoms with Crippen LogP contribution in [0.5, 0.6) is 11.6 Å². The van der Waals surface area contributed by atoms with Gasteiger partial charge in [0.15, 0.2) is 5.65 Å². The molecule has 3 aromatic heterocycles. The van der Waals surface area contributed by atoms with Gasteiger partial charge in [0.25, 0.3) is 0 Å². The van der Waals surface area contributed by atoms with Gasteiger partial charge in [-0.1, -0.05) is 25.6 Å². The first-order chi connectivity index (χ1) is 16.5. The second kappa shape index (κ2) is 10.4. The standard InChI is InChI=1S/C26H32N6O2/c1-6-21-15-29-25-24(28-14-19-8-10-22(33-5)11-9-19)12-20(17-32(21)25)23-16-30-31(4)26(23)34-18(3)13-27-7-2/h6,8-12,15-18,27-28H,1,7,13-14H2,2-5H3/t18-/m0/s1. The molecule has 0 aliphatic carbocycles. The molecule has 178 valence electrons. The fourth-order valence-electron chi connectivity index (χ4n) is 3.82. The molecule has 0 bridgehead atoms. The normalized spacial score (nSPS) is 12.0. The van der Waals surface area contributed by atoms with Gasteiger partial charge in [-0.2, -0.15) is 5.10 Å². The van der Waals surface area contributed by atoms with Crippen LogP contribution in [0, 0.1) is 0 Å². The minimum absolute atomic E-state index is 0.00230. The van der Waals surface area contributed by atoms with Crippen LogP contribution in [0.15, 0.2) is 55.5 Å². The van der Waals surface area contributed by atoms with Gasteiger partial charge in [0, 0.05) is 31.9 Å². The number of hydrogen-bond donors (Lipinski definition) is 2. The topological polar surface area (TPSA) is 77.6 Å². The van der Waals surface area contributed by atoms with Crippen LogP contribution in [-0.2, 0) is 13.6 Å². The van der Waals surface area contributed by atoms with E-state index in [9.17, 15) is 0 Å². The highest BCUT2D eigenvalue weighted by atomic mass is 16.5. The van der Waals surface area contributed by atoms with Crippen LogP contribution in [0.3, 0.4) is 0 Å². The van der Waals surface area contributed by atoms with Crippen molar-refractivity contribution >= 4 is 17.4 Å². The van der Waals surface area contributed by atoms with Crippen molar-refractivity contribution in [2.75, 3.05) is 25.5 Å². The molecule has 0 amide bonds. The summed E-state index contributed by atoms with van der Waals surface area (Å²) in [5.41, 5.74) is 5.70. The van der Waals surface area contributed by atoms with Gasteiger partial charge in [-0.05, 0) is 43.3 Å². The van der Waals surface area contributed by atoms with Crippen LogP contribution in [-0.4, -0.2) is 45.5 Å². The average Bonchev–Trinajstić information content (AvgIpc) is 3.44. The largest absolute Gasteiger partial charge is 0.497 e. The molecule has 0 saturated carbocycles. The SMILES string of the molecule is C=Cc1cnc2c(NCc3ccc(OC)cc3)cc(-c3cnn(C)c3O[C@@H](C)CNCC)cn12. The van der Waals surface area contributed by atoms with Crippen LogP contribution in [0.1, 0.15) is 25.1 Å². The molecular formula is C26H32N6O2. The number of hydrogen-bond acceptors (Lipinski definition) is 6. The molecule has 8 nitrogen and oxygen atoms in total. The van der Waals surface area contributed by atoms with E-state index in [0.717, 1.165) is 58.4 Å². The number of aromatic nitrogens is 4. The van der Waals surface area contributed by atoms with Crippen molar-refractivity contribution < 1.29 is 9.47 Å². The number of imidazole rings is 1. The third-order valence-corrected chi connectivity index (χ3v) is 5.68. The van der Waals surface area contributed by atoms with Crippen LogP contribution >= 0.6 is 0 Å². The lowest BCUT2D eigenvalue weighted by Crippen LogP contribution is -2.29. The summed E-state index contributed by atoms with van der Waals surface area (Å²) < 4.78 is 15.4. The highest BCUT2D eigenvalue weighted by molar-refractivity contribution is 5.79. The fourth-order valence-corrected chi connectivity index (χ4v) is 3.82. The molecular weight excluding hydrogens is 428 g/mol. The smallest absolute Gasteiger partial charge is 0.219 e. The summed E-state index contributed by atoms with van der Waals surface area (Å²) >= 11 is 0. The molecule has 2 N–H and O–H groups in total. The summed E-state index contributed by atoms with van der Waals surface area (Å²) in [6.45, 7) is 10.4. The molecule has 0 radical (unpaired) electrons. The summed E-state index contributed by atoms with van der Waals surface area (Å²) in [6.07, 6.45) is 7.52. The summed E-state index contributed by atoms with van der Waals surface area (Å²) in [4.78, 5) is 4.62. The van der Waals surface area contributed by atoms with Gasteiger partial charge in [0.05, 0.1) is 36.4 Å². The highest BCUT2D eigenvalue weighted by Gasteiger charge is 2.18. The molecule has 0 saturated heterocycles. The van der Waals surface area contributed by atoms with Crippen molar-refractivity contribution in [1.29, 1.82) is 0 Å². The Hall–Kier alpha value is -3.78. The van der Waals surface area contributed by atoms with E-state index in [1.165, 1.54) is 0 Å². The van der Waals surface area contributed by atoms with Crippen LogP contribution in [0.4, 0.5) is 5.69 Å². The molecule has 1 aromatic carbocycles. The number of pyridine rings is 1. The van der Waals surface area contributed by atoms with Crippen molar-refractivity contribution in [3.05, 3.63) is 66.8 Å². The minimum atomic E-state index is 0.00230. The van der Waals surface area contributed by atoms with Crippen LogP contribution in [0.25, 0.3) is 22.9 Å². The van der Waals surface area contributed by atoms with E-state index < -0.39 is 0 Å².